The van der Waals surface area contributed by atoms with Gasteiger partial charge in [0.05, 0.1) is 5.56 Å². The van der Waals surface area contributed by atoms with Crippen LogP contribution in [0, 0.1) is 11.3 Å². The third-order valence-corrected chi connectivity index (χ3v) is 4.68. The van der Waals surface area contributed by atoms with Crippen LogP contribution in [0.15, 0.2) is 65.1 Å². The monoisotopic (exact) mass is 403 g/mol. The number of hydrogen-bond acceptors (Lipinski definition) is 5. The number of nitrogens with zero attached hydrogens (tertiary/aromatic N) is 2. The summed E-state index contributed by atoms with van der Waals surface area (Å²) >= 11 is 0. The molecule has 0 atom stereocenters. The maximum Gasteiger partial charge on any atom is 0.291 e. The Bertz CT molecular complexity index is 1030. The molecule has 0 bridgehead atoms. The molecule has 6 heteroatoms. The van der Waals surface area contributed by atoms with Gasteiger partial charge < -0.3 is 19.4 Å². The van der Waals surface area contributed by atoms with E-state index in [1.54, 1.807) is 36.4 Å². The minimum atomic E-state index is -0.331. The lowest BCUT2D eigenvalue weighted by Gasteiger charge is -2.27. The summed E-state index contributed by atoms with van der Waals surface area (Å²) in [4.78, 5) is 14.8. The predicted octanol–water partition coefficient (Wildman–Crippen LogP) is 5.22. The van der Waals surface area contributed by atoms with Crippen LogP contribution in [-0.4, -0.2) is 18.5 Å². The largest absolute Gasteiger partial charge is 0.484 e. The first-order valence-corrected chi connectivity index (χ1v) is 9.90. The summed E-state index contributed by atoms with van der Waals surface area (Å²) in [5.74, 6) is 0.843. The SMILES string of the molecule is CCN(c1ccc(NC(=O)c2ccc(COc3ccccc3C#N)o2)cc1)C(C)C. The van der Waals surface area contributed by atoms with Gasteiger partial charge in [0.1, 0.15) is 24.2 Å². The average molecular weight is 403 g/mol. The molecule has 154 valence electrons. The van der Waals surface area contributed by atoms with E-state index in [2.05, 4.69) is 37.1 Å². The number of furan rings is 1. The van der Waals surface area contributed by atoms with E-state index >= 15 is 0 Å². The number of anilines is 2. The van der Waals surface area contributed by atoms with Crippen molar-refractivity contribution in [2.75, 3.05) is 16.8 Å². The number of benzene rings is 2. The molecule has 1 aromatic heterocycles. The van der Waals surface area contributed by atoms with Crippen LogP contribution in [-0.2, 0) is 6.61 Å². The van der Waals surface area contributed by atoms with Gasteiger partial charge in [0, 0.05) is 24.0 Å². The molecule has 30 heavy (non-hydrogen) atoms. The fourth-order valence-corrected chi connectivity index (χ4v) is 3.19. The van der Waals surface area contributed by atoms with Gasteiger partial charge in [0.15, 0.2) is 5.76 Å². The lowest BCUT2D eigenvalue weighted by molar-refractivity contribution is 0.0992. The van der Waals surface area contributed by atoms with Crippen LogP contribution >= 0.6 is 0 Å². The van der Waals surface area contributed by atoms with Crippen molar-refractivity contribution in [1.82, 2.24) is 0 Å². The Balaban J connectivity index is 1.60. The zero-order valence-corrected chi connectivity index (χ0v) is 17.4. The third-order valence-electron chi connectivity index (χ3n) is 4.68. The van der Waals surface area contributed by atoms with Crippen molar-refractivity contribution in [3.05, 3.63) is 77.7 Å². The van der Waals surface area contributed by atoms with Crippen LogP contribution in [0.5, 0.6) is 5.75 Å². The molecule has 0 aliphatic heterocycles. The zero-order valence-electron chi connectivity index (χ0n) is 17.4. The smallest absolute Gasteiger partial charge is 0.291 e. The molecule has 1 N–H and O–H groups in total. The second-order valence-electron chi connectivity index (χ2n) is 7.04. The van der Waals surface area contributed by atoms with E-state index in [0.717, 1.165) is 12.2 Å². The number of amides is 1. The summed E-state index contributed by atoms with van der Waals surface area (Å²) in [5, 5.41) is 12.0. The average Bonchev–Trinajstić information content (AvgIpc) is 3.23. The van der Waals surface area contributed by atoms with Gasteiger partial charge in [-0.05, 0) is 69.3 Å². The van der Waals surface area contributed by atoms with Crippen LogP contribution in [0.4, 0.5) is 11.4 Å². The minimum Gasteiger partial charge on any atom is -0.484 e. The van der Waals surface area contributed by atoms with Crippen LogP contribution in [0.25, 0.3) is 0 Å². The fraction of sp³-hybridized carbons (Fsp3) is 0.250. The van der Waals surface area contributed by atoms with E-state index in [9.17, 15) is 4.79 Å². The molecule has 0 saturated heterocycles. The van der Waals surface area contributed by atoms with Crippen molar-refractivity contribution in [2.24, 2.45) is 0 Å². The maximum absolute atomic E-state index is 12.5. The Labute approximate surface area is 176 Å². The van der Waals surface area contributed by atoms with Gasteiger partial charge in [-0.2, -0.15) is 5.26 Å². The molecule has 3 rings (SSSR count). The highest BCUT2D eigenvalue weighted by molar-refractivity contribution is 6.02. The second kappa shape index (κ2) is 9.66. The summed E-state index contributed by atoms with van der Waals surface area (Å²) in [6, 6.07) is 20.5. The molecule has 0 spiro atoms. The number of nitrogens with one attached hydrogen (secondary N) is 1. The normalized spacial score (nSPS) is 10.5. The summed E-state index contributed by atoms with van der Waals surface area (Å²) < 4.78 is 11.2. The summed E-state index contributed by atoms with van der Waals surface area (Å²) in [5.41, 5.74) is 2.26. The first-order valence-electron chi connectivity index (χ1n) is 9.90. The molecule has 0 aliphatic carbocycles. The Morgan fingerprint density at radius 2 is 1.87 bits per heavy atom. The van der Waals surface area contributed by atoms with E-state index < -0.39 is 0 Å². The number of carbonyl (C=O) groups is 1. The molecule has 2 aromatic carbocycles. The predicted molar refractivity (Wildman–Crippen MR) is 117 cm³/mol. The highest BCUT2D eigenvalue weighted by atomic mass is 16.5. The molecule has 1 amide bonds. The molecule has 0 radical (unpaired) electrons. The van der Waals surface area contributed by atoms with Crippen molar-refractivity contribution in [1.29, 1.82) is 5.26 Å². The fourth-order valence-electron chi connectivity index (χ4n) is 3.19. The third kappa shape index (κ3) is 5.00. The van der Waals surface area contributed by atoms with Gasteiger partial charge in [-0.1, -0.05) is 12.1 Å². The molecule has 3 aromatic rings. The zero-order chi connectivity index (χ0) is 21.5. The van der Waals surface area contributed by atoms with Gasteiger partial charge in [-0.25, -0.2) is 0 Å². The first-order chi connectivity index (χ1) is 14.5. The van der Waals surface area contributed by atoms with Gasteiger partial charge in [-0.3, -0.25) is 4.79 Å². The quantitative estimate of drug-likeness (QED) is 0.558. The molecule has 0 saturated carbocycles. The molecule has 0 fully saturated rings. The van der Waals surface area contributed by atoms with Crippen molar-refractivity contribution >= 4 is 17.3 Å². The van der Waals surface area contributed by atoms with E-state index in [1.807, 2.05) is 24.3 Å². The highest BCUT2D eigenvalue weighted by Crippen LogP contribution is 2.22. The molecular formula is C24H25N3O3. The second-order valence-corrected chi connectivity index (χ2v) is 7.04. The van der Waals surface area contributed by atoms with Gasteiger partial charge >= 0.3 is 0 Å². The van der Waals surface area contributed by atoms with Crippen molar-refractivity contribution < 1.29 is 13.9 Å². The van der Waals surface area contributed by atoms with Gasteiger partial charge in [-0.15, -0.1) is 0 Å². The van der Waals surface area contributed by atoms with Gasteiger partial charge in [0.25, 0.3) is 5.91 Å². The number of rotatable bonds is 8. The Kier molecular flexibility index (Phi) is 6.76. The van der Waals surface area contributed by atoms with Crippen molar-refractivity contribution in [3.8, 4) is 11.8 Å². The number of ether oxygens (including phenoxy) is 1. The summed E-state index contributed by atoms with van der Waals surface area (Å²) in [7, 11) is 0. The number of nitriles is 1. The van der Waals surface area contributed by atoms with E-state index in [1.165, 1.54) is 0 Å². The van der Waals surface area contributed by atoms with Crippen molar-refractivity contribution in [3.63, 3.8) is 0 Å². The lowest BCUT2D eigenvalue weighted by atomic mass is 10.2. The van der Waals surface area contributed by atoms with E-state index in [-0.39, 0.29) is 18.3 Å². The molecular weight excluding hydrogens is 378 g/mol. The number of carbonyl (C=O) groups excluding carboxylic acids is 1. The number of para-hydroxylation sites is 1. The molecule has 1 heterocycles. The molecule has 0 unspecified atom stereocenters. The van der Waals surface area contributed by atoms with E-state index in [4.69, 9.17) is 14.4 Å². The van der Waals surface area contributed by atoms with Crippen LogP contribution in [0.2, 0.25) is 0 Å². The first kappa shape index (κ1) is 21.0. The Hall–Kier alpha value is -3.72. The number of hydrogen-bond donors (Lipinski definition) is 1. The summed E-state index contributed by atoms with van der Waals surface area (Å²) in [6.45, 7) is 7.46. The van der Waals surface area contributed by atoms with Crippen LogP contribution < -0.4 is 15.0 Å². The van der Waals surface area contributed by atoms with Crippen molar-refractivity contribution in [2.45, 2.75) is 33.4 Å². The molecule has 0 aliphatic rings. The molecule has 6 nitrogen and oxygen atoms in total. The Morgan fingerprint density at radius 3 is 2.53 bits per heavy atom. The topological polar surface area (TPSA) is 78.5 Å². The highest BCUT2D eigenvalue weighted by Gasteiger charge is 2.13. The lowest BCUT2D eigenvalue weighted by Crippen LogP contribution is -2.30. The van der Waals surface area contributed by atoms with E-state index in [0.29, 0.717) is 28.8 Å². The minimum absolute atomic E-state index is 0.128. The van der Waals surface area contributed by atoms with Crippen LogP contribution in [0.1, 0.15) is 42.6 Å². The maximum atomic E-state index is 12.5. The Morgan fingerprint density at radius 1 is 1.13 bits per heavy atom. The standard InChI is InChI=1S/C24H25N3O3/c1-4-27(17(2)3)20-11-9-19(10-12-20)26-24(28)23-14-13-21(30-23)16-29-22-8-6-5-7-18(22)15-25/h5-14,17H,4,16H2,1-3H3,(H,26,28). The summed E-state index contributed by atoms with van der Waals surface area (Å²) in [6.07, 6.45) is 0. The van der Waals surface area contributed by atoms with Gasteiger partial charge in [0.2, 0.25) is 0 Å². The van der Waals surface area contributed by atoms with Crippen LogP contribution in [0.3, 0.4) is 0 Å².